The third-order valence-electron chi connectivity index (χ3n) is 3.91. The molecule has 1 amide bonds. The van der Waals surface area contributed by atoms with E-state index in [1.54, 1.807) is 18.5 Å². The van der Waals surface area contributed by atoms with E-state index in [1.807, 2.05) is 32.0 Å². The highest BCUT2D eigenvalue weighted by Gasteiger charge is 2.26. The number of benzene rings is 1. The quantitative estimate of drug-likeness (QED) is 0.765. The Morgan fingerprint density at radius 2 is 2.12 bits per heavy atom. The van der Waals surface area contributed by atoms with Gasteiger partial charge in [-0.15, -0.1) is 0 Å². The van der Waals surface area contributed by atoms with Crippen LogP contribution in [-0.2, 0) is 27.3 Å². The molecule has 0 bridgehead atoms. The number of hydrogen-bond donors (Lipinski definition) is 2. The number of carboxylic acid groups (broad SMARTS) is 1. The van der Waals surface area contributed by atoms with Gasteiger partial charge in [-0.2, -0.15) is 5.10 Å². The molecule has 1 aromatic heterocycles. The Bertz CT molecular complexity index is 728. The average molecular weight is 345 g/mol. The van der Waals surface area contributed by atoms with Crippen LogP contribution in [-0.4, -0.2) is 39.0 Å². The Hall–Kier alpha value is -2.67. The van der Waals surface area contributed by atoms with Crippen molar-refractivity contribution in [1.29, 1.82) is 0 Å². The number of para-hydroxylation sites is 1. The van der Waals surface area contributed by atoms with E-state index in [0.29, 0.717) is 0 Å². The van der Waals surface area contributed by atoms with Gasteiger partial charge in [-0.3, -0.25) is 9.48 Å². The second-order valence-corrected chi connectivity index (χ2v) is 5.79. The molecule has 7 nitrogen and oxygen atoms in total. The molecule has 0 fully saturated rings. The van der Waals surface area contributed by atoms with E-state index in [9.17, 15) is 14.7 Å². The van der Waals surface area contributed by atoms with Gasteiger partial charge in [0.05, 0.1) is 6.54 Å². The first kappa shape index (κ1) is 18.7. The molecule has 2 atom stereocenters. The summed E-state index contributed by atoms with van der Waals surface area (Å²) in [5.74, 6) is -1.52. The maximum atomic E-state index is 12.4. The fraction of sp³-hybridized carbons (Fsp3) is 0.389. The maximum absolute atomic E-state index is 12.4. The minimum Gasteiger partial charge on any atom is -0.479 e. The molecule has 0 saturated carbocycles. The zero-order valence-electron chi connectivity index (χ0n) is 14.6. The highest BCUT2D eigenvalue weighted by molar-refractivity contribution is 5.95. The lowest BCUT2D eigenvalue weighted by Crippen LogP contribution is -2.38. The Labute approximate surface area is 146 Å². The molecular formula is C18H23N3O4. The largest absolute Gasteiger partial charge is 0.479 e. The molecule has 2 unspecified atom stereocenters. The van der Waals surface area contributed by atoms with Crippen molar-refractivity contribution < 1.29 is 19.4 Å². The van der Waals surface area contributed by atoms with E-state index in [0.717, 1.165) is 23.2 Å². The number of aromatic nitrogens is 2. The first-order valence-corrected chi connectivity index (χ1v) is 8.17. The van der Waals surface area contributed by atoms with Crippen molar-refractivity contribution in [3.05, 3.63) is 47.8 Å². The lowest BCUT2D eigenvalue weighted by atomic mass is 10.1. The van der Waals surface area contributed by atoms with E-state index in [4.69, 9.17) is 4.74 Å². The number of aryl methyl sites for hydroxylation is 2. The Morgan fingerprint density at radius 3 is 2.72 bits per heavy atom. The molecule has 0 radical (unpaired) electrons. The Morgan fingerprint density at radius 1 is 1.36 bits per heavy atom. The third-order valence-corrected chi connectivity index (χ3v) is 3.91. The number of carboxylic acids is 1. The summed E-state index contributed by atoms with van der Waals surface area (Å²) in [6, 6.07) is 7.50. The van der Waals surface area contributed by atoms with E-state index in [1.165, 1.54) is 11.6 Å². The van der Waals surface area contributed by atoms with Crippen LogP contribution in [0, 0.1) is 6.92 Å². The van der Waals surface area contributed by atoms with E-state index < -0.39 is 18.2 Å². The molecular weight excluding hydrogens is 322 g/mol. The summed E-state index contributed by atoms with van der Waals surface area (Å²) in [5.41, 5.74) is 2.72. The summed E-state index contributed by atoms with van der Waals surface area (Å²) in [6.45, 7) is 5.50. The number of rotatable bonds is 8. The maximum Gasteiger partial charge on any atom is 0.334 e. The molecule has 0 aliphatic rings. The van der Waals surface area contributed by atoms with Crippen LogP contribution in [0.25, 0.3) is 0 Å². The molecule has 0 spiro atoms. The topological polar surface area (TPSA) is 93.5 Å². The second kappa shape index (κ2) is 8.43. The number of nitrogens with one attached hydrogen (secondary N) is 1. The van der Waals surface area contributed by atoms with Crippen molar-refractivity contribution in [2.24, 2.45) is 0 Å². The molecule has 1 heterocycles. The first-order valence-electron chi connectivity index (χ1n) is 8.17. The number of carbonyl (C=O) groups is 2. The van der Waals surface area contributed by atoms with Crippen molar-refractivity contribution in [3.8, 4) is 0 Å². The lowest BCUT2D eigenvalue weighted by molar-refractivity contribution is -0.157. The molecule has 2 N–H and O–H groups in total. The fourth-order valence-electron chi connectivity index (χ4n) is 2.49. The molecule has 2 aromatic rings. The van der Waals surface area contributed by atoms with Gasteiger partial charge >= 0.3 is 5.97 Å². The fourth-order valence-corrected chi connectivity index (χ4v) is 2.49. The Kier molecular flexibility index (Phi) is 6.30. The smallest absolute Gasteiger partial charge is 0.334 e. The number of anilines is 1. The zero-order valence-corrected chi connectivity index (χ0v) is 14.6. The van der Waals surface area contributed by atoms with Crippen LogP contribution in [0.15, 0.2) is 36.7 Å². The van der Waals surface area contributed by atoms with Gasteiger partial charge in [0.15, 0.2) is 6.10 Å². The summed E-state index contributed by atoms with van der Waals surface area (Å²) < 4.78 is 6.92. The summed E-state index contributed by atoms with van der Waals surface area (Å²) in [6.07, 6.45) is 1.90. The minimum atomic E-state index is -1.16. The van der Waals surface area contributed by atoms with Crippen LogP contribution in [0.5, 0.6) is 0 Å². The summed E-state index contributed by atoms with van der Waals surface area (Å²) in [7, 11) is 0. The van der Waals surface area contributed by atoms with Gasteiger partial charge < -0.3 is 15.2 Å². The van der Waals surface area contributed by atoms with Gasteiger partial charge in [0.25, 0.3) is 5.91 Å². The van der Waals surface area contributed by atoms with E-state index in [2.05, 4.69) is 10.4 Å². The van der Waals surface area contributed by atoms with Crippen LogP contribution in [0.4, 0.5) is 5.69 Å². The average Bonchev–Trinajstić information content (AvgIpc) is 3.08. The zero-order chi connectivity index (χ0) is 18.4. The van der Waals surface area contributed by atoms with Crippen LogP contribution in [0.3, 0.4) is 0 Å². The first-order chi connectivity index (χ1) is 11.9. The Balaban J connectivity index is 2.05. The predicted octanol–water partition coefficient (Wildman–Crippen LogP) is 2.25. The standard InChI is InChI=1S/C18H23N3O4/c1-4-14-8-5-7-12(2)16(14)20-17(22)13(3)25-15(18(23)24)11-21-10-6-9-19-21/h5-10,13,15H,4,11H2,1-3H3,(H,20,22)(H,23,24). The van der Waals surface area contributed by atoms with Crippen molar-refractivity contribution in [1.82, 2.24) is 9.78 Å². The van der Waals surface area contributed by atoms with E-state index in [-0.39, 0.29) is 12.5 Å². The van der Waals surface area contributed by atoms with Crippen LogP contribution < -0.4 is 5.32 Å². The summed E-state index contributed by atoms with van der Waals surface area (Å²) in [5, 5.41) is 16.1. The number of hydrogen-bond acceptors (Lipinski definition) is 4. The van der Waals surface area contributed by atoms with Crippen LogP contribution >= 0.6 is 0 Å². The van der Waals surface area contributed by atoms with Crippen molar-refractivity contribution in [2.75, 3.05) is 5.32 Å². The number of amides is 1. The molecule has 0 aliphatic heterocycles. The number of aliphatic carboxylic acids is 1. The second-order valence-electron chi connectivity index (χ2n) is 5.79. The highest BCUT2D eigenvalue weighted by Crippen LogP contribution is 2.21. The highest BCUT2D eigenvalue weighted by atomic mass is 16.5. The lowest BCUT2D eigenvalue weighted by Gasteiger charge is -2.20. The van der Waals surface area contributed by atoms with Crippen LogP contribution in [0.1, 0.15) is 25.0 Å². The van der Waals surface area contributed by atoms with Gasteiger partial charge in [0.2, 0.25) is 0 Å². The van der Waals surface area contributed by atoms with Gasteiger partial charge in [-0.25, -0.2) is 4.79 Å². The van der Waals surface area contributed by atoms with E-state index >= 15 is 0 Å². The van der Waals surface area contributed by atoms with Gasteiger partial charge in [0.1, 0.15) is 6.10 Å². The van der Waals surface area contributed by atoms with Crippen molar-refractivity contribution >= 4 is 17.6 Å². The monoisotopic (exact) mass is 345 g/mol. The normalized spacial score (nSPS) is 13.2. The van der Waals surface area contributed by atoms with Crippen LogP contribution in [0.2, 0.25) is 0 Å². The molecule has 0 aliphatic carbocycles. The summed E-state index contributed by atoms with van der Waals surface area (Å²) in [4.78, 5) is 23.8. The van der Waals surface area contributed by atoms with Crippen molar-refractivity contribution in [2.45, 2.75) is 45.9 Å². The molecule has 0 saturated heterocycles. The van der Waals surface area contributed by atoms with Crippen molar-refractivity contribution in [3.63, 3.8) is 0 Å². The molecule has 2 rings (SSSR count). The minimum absolute atomic E-state index is 0.0323. The third kappa shape index (κ3) is 4.90. The number of nitrogens with zero attached hydrogens (tertiary/aromatic N) is 2. The molecule has 134 valence electrons. The molecule has 25 heavy (non-hydrogen) atoms. The SMILES string of the molecule is CCc1cccc(C)c1NC(=O)C(C)OC(Cn1cccn1)C(=O)O. The molecule has 1 aromatic carbocycles. The number of carbonyl (C=O) groups excluding carboxylic acids is 1. The van der Waals surface area contributed by atoms with Gasteiger partial charge in [-0.05, 0) is 37.5 Å². The van der Waals surface area contributed by atoms with Gasteiger partial charge in [-0.1, -0.05) is 25.1 Å². The molecule has 7 heteroatoms. The predicted molar refractivity (Wildman–Crippen MR) is 93.4 cm³/mol. The van der Waals surface area contributed by atoms with Gasteiger partial charge in [0, 0.05) is 18.1 Å². The summed E-state index contributed by atoms with van der Waals surface area (Å²) >= 11 is 0. The number of ether oxygens (including phenoxy) is 1.